The Hall–Kier alpha value is -0.300. The Bertz CT molecular complexity index is 297. The molecule has 162 valence electrons. The van der Waals surface area contributed by atoms with E-state index in [-0.39, 0.29) is 0 Å². The number of unbranched alkanes of at least 4 members (excludes halogenated alkanes) is 18. The first-order valence-electron chi connectivity index (χ1n) is 12.6. The van der Waals surface area contributed by atoms with E-state index in [1.54, 1.807) is 0 Å². The second kappa shape index (κ2) is 22.0. The van der Waals surface area contributed by atoms with E-state index in [2.05, 4.69) is 25.7 Å². The fraction of sp³-hybridized carbons (Fsp3) is 0.923. The van der Waals surface area contributed by atoms with Gasteiger partial charge in [0.15, 0.2) is 0 Å². The van der Waals surface area contributed by atoms with Gasteiger partial charge in [-0.2, -0.15) is 0 Å². The average Bonchev–Trinajstić information content (AvgIpc) is 2.68. The molecular weight excluding hydrogens is 326 g/mol. The van der Waals surface area contributed by atoms with Gasteiger partial charge in [0.2, 0.25) is 0 Å². The van der Waals surface area contributed by atoms with Gasteiger partial charge in [-0.3, -0.25) is 0 Å². The van der Waals surface area contributed by atoms with Crippen LogP contribution in [0.25, 0.3) is 0 Å². The predicted molar refractivity (Wildman–Crippen MR) is 126 cm³/mol. The highest BCUT2D eigenvalue weighted by Gasteiger charge is 2.02. The Kier molecular flexibility index (Phi) is 21.7. The van der Waals surface area contributed by atoms with Crippen LogP contribution in [0.5, 0.6) is 0 Å². The maximum absolute atomic E-state index is 4.18. The van der Waals surface area contributed by atoms with Crippen molar-refractivity contribution in [2.75, 3.05) is 7.05 Å². The van der Waals surface area contributed by atoms with E-state index >= 15 is 0 Å². The van der Waals surface area contributed by atoms with Gasteiger partial charge in [0.05, 0.1) is 0 Å². The zero-order chi connectivity index (χ0) is 20.0. The lowest BCUT2D eigenvalue weighted by Gasteiger charge is -2.13. The van der Waals surface area contributed by atoms with Gasteiger partial charge in [0.1, 0.15) is 0 Å². The first-order chi connectivity index (χ1) is 13.2. The standard InChI is InChI=1S/C26H53N/c1-5-6-7-8-9-10-11-12-13-14-15-16-17-18-19-20-21-22-23-24-25(2)26(3)27-4/h26-27H,2,5-24H2,1,3-4H3/t26-/m0/s1. The molecule has 27 heavy (non-hydrogen) atoms. The summed E-state index contributed by atoms with van der Waals surface area (Å²) in [5.41, 5.74) is 1.37. The van der Waals surface area contributed by atoms with Crippen LogP contribution in [-0.2, 0) is 0 Å². The summed E-state index contributed by atoms with van der Waals surface area (Å²) in [5.74, 6) is 0. The van der Waals surface area contributed by atoms with Crippen molar-refractivity contribution in [1.29, 1.82) is 0 Å². The largest absolute Gasteiger partial charge is 0.314 e. The molecule has 1 nitrogen and oxygen atoms in total. The van der Waals surface area contributed by atoms with Crippen LogP contribution in [0.15, 0.2) is 12.2 Å². The van der Waals surface area contributed by atoms with Crippen molar-refractivity contribution in [1.82, 2.24) is 5.32 Å². The van der Waals surface area contributed by atoms with Gasteiger partial charge < -0.3 is 5.32 Å². The summed E-state index contributed by atoms with van der Waals surface area (Å²) in [6, 6.07) is 0.473. The fourth-order valence-corrected chi connectivity index (χ4v) is 3.85. The molecule has 0 aromatic heterocycles. The molecule has 0 amide bonds. The van der Waals surface area contributed by atoms with Crippen LogP contribution in [0.1, 0.15) is 142 Å². The maximum Gasteiger partial charge on any atom is 0.0245 e. The number of rotatable bonds is 22. The summed E-state index contributed by atoms with van der Waals surface area (Å²) >= 11 is 0. The Balaban J connectivity index is 3.08. The number of hydrogen-bond acceptors (Lipinski definition) is 1. The Labute approximate surface area is 173 Å². The summed E-state index contributed by atoms with van der Waals surface area (Å²) in [4.78, 5) is 0. The third-order valence-electron chi connectivity index (χ3n) is 6.15. The third kappa shape index (κ3) is 20.2. The summed E-state index contributed by atoms with van der Waals surface area (Å²) in [6.45, 7) is 8.68. The minimum Gasteiger partial charge on any atom is -0.314 e. The zero-order valence-electron chi connectivity index (χ0n) is 19.4. The highest BCUT2D eigenvalue weighted by molar-refractivity contribution is 5.02. The SMILES string of the molecule is C=C(CCCCCCCCCCCCCCCCCCCCC)[C@H](C)NC. The summed E-state index contributed by atoms with van der Waals surface area (Å²) in [6.07, 6.45) is 28.7. The maximum atomic E-state index is 4.18. The minimum absolute atomic E-state index is 0.473. The first kappa shape index (κ1) is 26.7. The number of hydrogen-bond donors (Lipinski definition) is 1. The van der Waals surface area contributed by atoms with Gasteiger partial charge >= 0.3 is 0 Å². The molecule has 1 heteroatoms. The van der Waals surface area contributed by atoms with Crippen LogP contribution in [-0.4, -0.2) is 13.1 Å². The second-order valence-electron chi connectivity index (χ2n) is 8.78. The lowest BCUT2D eigenvalue weighted by molar-refractivity contribution is 0.522. The number of nitrogens with one attached hydrogen (secondary N) is 1. The van der Waals surface area contributed by atoms with E-state index in [0.29, 0.717) is 6.04 Å². The molecular formula is C26H53N. The molecule has 0 fully saturated rings. The molecule has 0 heterocycles. The van der Waals surface area contributed by atoms with Crippen LogP contribution < -0.4 is 5.32 Å². The van der Waals surface area contributed by atoms with E-state index in [0.717, 1.165) is 0 Å². The van der Waals surface area contributed by atoms with Crippen LogP contribution >= 0.6 is 0 Å². The second-order valence-corrected chi connectivity index (χ2v) is 8.78. The molecule has 1 atom stereocenters. The van der Waals surface area contributed by atoms with E-state index in [4.69, 9.17) is 0 Å². The highest BCUT2D eigenvalue weighted by Crippen LogP contribution is 2.16. The molecule has 0 saturated carbocycles. The lowest BCUT2D eigenvalue weighted by atomic mass is 10.0. The molecule has 0 radical (unpaired) electrons. The van der Waals surface area contributed by atoms with Crippen LogP contribution in [0.2, 0.25) is 0 Å². The molecule has 1 N–H and O–H groups in total. The van der Waals surface area contributed by atoms with Crippen LogP contribution in [0, 0.1) is 0 Å². The quantitative estimate of drug-likeness (QED) is 0.146. The highest BCUT2D eigenvalue weighted by atomic mass is 14.9. The molecule has 0 saturated heterocycles. The average molecular weight is 380 g/mol. The zero-order valence-corrected chi connectivity index (χ0v) is 19.4. The molecule has 0 bridgehead atoms. The van der Waals surface area contributed by atoms with Crippen molar-refractivity contribution >= 4 is 0 Å². The molecule has 0 spiro atoms. The van der Waals surface area contributed by atoms with Crippen molar-refractivity contribution in [3.63, 3.8) is 0 Å². The van der Waals surface area contributed by atoms with Crippen molar-refractivity contribution in [3.8, 4) is 0 Å². The normalized spacial score (nSPS) is 12.4. The topological polar surface area (TPSA) is 12.0 Å². The molecule has 0 aliphatic carbocycles. The van der Waals surface area contributed by atoms with Crippen molar-refractivity contribution in [2.45, 2.75) is 148 Å². The lowest BCUT2D eigenvalue weighted by Crippen LogP contribution is -2.22. The van der Waals surface area contributed by atoms with Crippen LogP contribution in [0.3, 0.4) is 0 Å². The van der Waals surface area contributed by atoms with Gasteiger partial charge in [-0.05, 0) is 26.8 Å². The van der Waals surface area contributed by atoms with Gasteiger partial charge in [-0.15, -0.1) is 0 Å². The van der Waals surface area contributed by atoms with Crippen molar-refractivity contribution in [3.05, 3.63) is 12.2 Å². The Morgan fingerprint density at radius 2 is 0.889 bits per heavy atom. The molecule has 0 aliphatic rings. The molecule has 0 aromatic carbocycles. The van der Waals surface area contributed by atoms with E-state index < -0.39 is 0 Å². The molecule has 0 aromatic rings. The first-order valence-corrected chi connectivity index (χ1v) is 12.6. The predicted octanol–water partition coefficient (Wildman–Crippen LogP) is 8.97. The Morgan fingerprint density at radius 1 is 0.593 bits per heavy atom. The van der Waals surface area contributed by atoms with Gasteiger partial charge in [-0.25, -0.2) is 0 Å². The van der Waals surface area contributed by atoms with E-state index in [1.165, 1.54) is 134 Å². The summed E-state index contributed by atoms with van der Waals surface area (Å²) in [7, 11) is 2.02. The number of likely N-dealkylation sites (N-methyl/N-ethyl adjacent to an activating group) is 1. The third-order valence-corrected chi connectivity index (χ3v) is 6.15. The minimum atomic E-state index is 0.473. The smallest absolute Gasteiger partial charge is 0.0245 e. The van der Waals surface area contributed by atoms with Crippen molar-refractivity contribution in [2.24, 2.45) is 0 Å². The van der Waals surface area contributed by atoms with Crippen LogP contribution in [0.4, 0.5) is 0 Å². The molecule has 0 rings (SSSR count). The van der Waals surface area contributed by atoms with E-state index in [9.17, 15) is 0 Å². The molecule has 0 unspecified atom stereocenters. The van der Waals surface area contributed by atoms with E-state index in [1.807, 2.05) is 7.05 Å². The van der Waals surface area contributed by atoms with Crippen molar-refractivity contribution < 1.29 is 0 Å². The summed E-state index contributed by atoms with van der Waals surface area (Å²) < 4.78 is 0. The Morgan fingerprint density at radius 3 is 1.19 bits per heavy atom. The fourth-order valence-electron chi connectivity index (χ4n) is 3.85. The monoisotopic (exact) mass is 379 g/mol. The van der Waals surface area contributed by atoms with Gasteiger partial charge in [-0.1, -0.05) is 135 Å². The van der Waals surface area contributed by atoms with Gasteiger partial charge in [0, 0.05) is 6.04 Å². The summed E-state index contributed by atoms with van der Waals surface area (Å²) in [5, 5.41) is 3.28. The van der Waals surface area contributed by atoms with Gasteiger partial charge in [0.25, 0.3) is 0 Å². The molecule has 0 aliphatic heterocycles.